The highest BCUT2D eigenvalue weighted by molar-refractivity contribution is 8.00. The number of benzene rings is 11. The number of rotatable bonds is 7. The van der Waals surface area contributed by atoms with Crippen molar-refractivity contribution < 1.29 is 0 Å². The van der Waals surface area contributed by atoms with E-state index in [1.165, 1.54) is 64.1 Å². The molecule has 1 aliphatic heterocycles. The molecule has 4 heteroatoms. The number of para-hydroxylation sites is 3. The minimum atomic E-state index is 1.07. The van der Waals surface area contributed by atoms with Crippen LogP contribution in [0.25, 0.3) is 71.2 Å². The molecule has 0 unspecified atom stereocenters. The number of fused-ring (bicyclic) bond motifs is 10. The second-order valence-corrected chi connectivity index (χ2v) is 18.0. The molecule has 0 aliphatic carbocycles. The Morgan fingerprint density at radius 2 is 0.818 bits per heavy atom. The number of hydrogen-bond donors (Lipinski definition) is 0. The van der Waals surface area contributed by atoms with Gasteiger partial charge in [-0.1, -0.05) is 176 Å². The van der Waals surface area contributed by atoms with Gasteiger partial charge in [-0.05, 0) is 140 Å². The molecule has 1 aromatic heterocycles. The lowest BCUT2D eigenvalue weighted by Gasteiger charge is -2.33. The summed E-state index contributed by atoms with van der Waals surface area (Å²) in [6, 6.07) is 90.8. The fourth-order valence-electron chi connectivity index (χ4n) is 10.1. The largest absolute Gasteiger partial charge is 0.310 e. The Hall–Kier alpha value is -8.31. The normalized spacial score (nSPS) is 12.2. The number of aromatic nitrogens is 1. The van der Waals surface area contributed by atoms with E-state index in [1.54, 1.807) is 0 Å². The van der Waals surface area contributed by atoms with Crippen molar-refractivity contribution in [3.05, 3.63) is 249 Å². The Morgan fingerprint density at radius 3 is 1.45 bits per heavy atom. The third-order valence-electron chi connectivity index (χ3n) is 13.1. The van der Waals surface area contributed by atoms with Gasteiger partial charge in [0, 0.05) is 38.7 Å². The van der Waals surface area contributed by atoms with Gasteiger partial charge in [-0.3, -0.25) is 9.47 Å². The zero-order valence-corrected chi connectivity index (χ0v) is 36.7. The molecule has 0 bridgehead atoms. The van der Waals surface area contributed by atoms with E-state index < -0.39 is 0 Å². The Morgan fingerprint density at radius 1 is 0.318 bits per heavy atom. The predicted octanol–water partition coefficient (Wildman–Crippen LogP) is 17.8. The van der Waals surface area contributed by atoms with Crippen molar-refractivity contribution in [3.8, 4) is 27.9 Å². The van der Waals surface area contributed by atoms with Crippen LogP contribution in [-0.2, 0) is 0 Å². The summed E-state index contributed by atoms with van der Waals surface area (Å²) in [6.45, 7) is 0. The SMILES string of the molecule is c1ccc(-c2cc(-c3ccccc3)cc(N(c3ccc(N4c5ccccc5Sc5c4n(-c4ccccc4)c4ccccc54)cc3)c3ccc4c5ccccc5c5ccccc5c4c3)c2)cc1. The summed E-state index contributed by atoms with van der Waals surface area (Å²) < 4.78 is 2.43. The second-order valence-electron chi connectivity index (χ2n) is 16.9. The minimum Gasteiger partial charge on any atom is -0.310 e. The van der Waals surface area contributed by atoms with Crippen LogP contribution in [0.2, 0.25) is 0 Å². The molecule has 0 fully saturated rings. The van der Waals surface area contributed by atoms with Crippen LogP contribution in [0.3, 0.4) is 0 Å². The quantitative estimate of drug-likeness (QED) is 0.148. The van der Waals surface area contributed by atoms with Crippen molar-refractivity contribution in [2.75, 3.05) is 9.80 Å². The molecule has 0 atom stereocenters. The molecule has 1 aliphatic rings. The van der Waals surface area contributed by atoms with E-state index >= 15 is 0 Å². The summed E-state index contributed by atoms with van der Waals surface area (Å²) in [5.41, 5.74) is 12.5. The molecular weight excluding hydrogens is 819 g/mol. The van der Waals surface area contributed by atoms with Gasteiger partial charge in [-0.2, -0.15) is 0 Å². The maximum atomic E-state index is 2.46. The van der Waals surface area contributed by atoms with Crippen molar-refractivity contribution in [1.29, 1.82) is 0 Å². The highest BCUT2D eigenvalue weighted by Gasteiger charge is 2.32. The van der Waals surface area contributed by atoms with Crippen LogP contribution in [0.4, 0.5) is 34.3 Å². The number of hydrogen-bond acceptors (Lipinski definition) is 3. The Labute approximate surface area is 388 Å². The zero-order valence-electron chi connectivity index (χ0n) is 35.9. The zero-order chi connectivity index (χ0) is 43.6. The highest BCUT2D eigenvalue weighted by atomic mass is 32.2. The van der Waals surface area contributed by atoms with E-state index in [9.17, 15) is 0 Å². The standard InChI is InChI=1S/C62H41N3S/c1-4-18-42(19-5-1)44-38-45(43-20-6-2-7-21-43)40-50(39-44)63(49-36-37-55-53-26-11-10-24-51(53)52-25-12-13-27-54(52)57(55)41-49)47-32-34-48(35-33-47)65-59-30-16-17-31-60(59)66-61-56-28-14-15-29-58(56)64(62(61)65)46-22-8-3-9-23-46/h1-41H. The van der Waals surface area contributed by atoms with Crippen LogP contribution in [0, 0.1) is 0 Å². The van der Waals surface area contributed by atoms with Gasteiger partial charge in [0.05, 0.1) is 16.1 Å². The topological polar surface area (TPSA) is 11.4 Å². The van der Waals surface area contributed by atoms with Crippen LogP contribution < -0.4 is 9.80 Å². The smallest absolute Gasteiger partial charge is 0.137 e. The van der Waals surface area contributed by atoms with Gasteiger partial charge in [0.2, 0.25) is 0 Å². The first-order chi connectivity index (χ1) is 32.7. The third kappa shape index (κ3) is 6.29. The molecule has 0 radical (unpaired) electrons. The van der Waals surface area contributed by atoms with Crippen molar-refractivity contribution >= 4 is 89.2 Å². The summed E-state index contributed by atoms with van der Waals surface area (Å²) in [4.78, 5) is 7.38. The van der Waals surface area contributed by atoms with Crippen molar-refractivity contribution in [3.63, 3.8) is 0 Å². The minimum absolute atomic E-state index is 1.07. The molecule has 0 spiro atoms. The molecule has 66 heavy (non-hydrogen) atoms. The van der Waals surface area contributed by atoms with E-state index in [2.05, 4.69) is 263 Å². The van der Waals surface area contributed by atoms with Crippen LogP contribution in [0.15, 0.2) is 259 Å². The maximum Gasteiger partial charge on any atom is 0.137 e. The molecule has 0 saturated carbocycles. The van der Waals surface area contributed by atoms with Crippen LogP contribution in [0.5, 0.6) is 0 Å². The third-order valence-corrected chi connectivity index (χ3v) is 14.3. The molecular formula is C62H41N3S. The Bertz CT molecular complexity index is 3690. The van der Waals surface area contributed by atoms with Crippen LogP contribution >= 0.6 is 11.8 Å². The van der Waals surface area contributed by atoms with Gasteiger partial charge in [0.15, 0.2) is 0 Å². The summed E-state index contributed by atoms with van der Waals surface area (Å²) in [5.74, 6) is 1.15. The van der Waals surface area contributed by atoms with E-state index in [1.807, 2.05) is 11.8 Å². The lowest BCUT2D eigenvalue weighted by Crippen LogP contribution is -2.18. The van der Waals surface area contributed by atoms with Crippen LogP contribution in [0.1, 0.15) is 0 Å². The summed E-state index contributed by atoms with van der Waals surface area (Å²) in [7, 11) is 0. The fourth-order valence-corrected chi connectivity index (χ4v) is 11.3. The average molecular weight is 860 g/mol. The molecule has 0 amide bonds. The summed E-state index contributed by atoms with van der Waals surface area (Å²) >= 11 is 1.86. The molecule has 12 aromatic rings. The first-order valence-corrected chi connectivity index (χ1v) is 23.3. The molecule has 13 rings (SSSR count). The van der Waals surface area contributed by atoms with E-state index in [4.69, 9.17) is 0 Å². The molecule has 2 heterocycles. The predicted molar refractivity (Wildman–Crippen MR) is 280 cm³/mol. The van der Waals surface area contributed by atoms with Crippen LogP contribution in [-0.4, -0.2) is 4.57 Å². The first kappa shape index (κ1) is 38.2. The van der Waals surface area contributed by atoms with Gasteiger partial charge in [0.1, 0.15) is 5.82 Å². The van der Waals surface area contributed by atoms with Gasteiger partial charge in [0.25, 0.3) is 0 Å². The summed E-state index contributed by atoms with van der Waals surface area (Å²) in [6.07, 6.45) is 0. The summed E-state index contributed by atoms with van der Waals surface area (Å²) in [5, 5.41) is 8.77. The first-order valence-electron chi connectivity index (χ1n) is 22.5. The van der Waals surface area contributed by atoms with E-state index in [-0.39, 0.29) is 0 Å². The molecule has 0 saturated heterocycles. The van der Waals surface area contributed by atoms with Gasteiger partial charge >= 0.3 is 0 Å². The van der Waals surface area contributed by atoms with E-state index in [0.717, 1.165) is 51.1 Å². The highest BCUT2D eigenvalue weighted by Crippen LogP contribution is 2.56. The monoisotopic (exact) mass is 859 g/mol. The van der Waals surface area contributed by atoms with Crippen molar-refractivity contribution in [2.45, 2.75) is 9.79 Å². The maximum absolute atomic E-state index is 2.46. The van der Waals surface area contributed by atoms with Gasteiger partial charge in [-0.15, -0.1) is 0 Å². The van der Waals surface area contributed by atoms with E-state index in [0.29, 0.717) is 0 Å². The lowest BCUT2D eigenvalue weighted by molar-refractivity contribution is 1.03. The van der Waals surface area contributed by atoms with Gasteiger partial charge in [-0.25, -0.2) is 0 Å². The van der Waals surface area contributed by atoms with Crippen molar-refractivity contribution in [2.24, 2.45) is 0 Å². The fraction of sp³-hybridized carbons (Fsp3) is 0. The number of anilines is 6. The molecule has 11 aromatic carbocycles. The number of nitrogens with zero attached hydrogens (tertiary/aromatic N) is 3. The molecule has 0 N–H and O–H groups in total. The van der Waals surface area contributed by atoms with Crippen molar-refractivity contribution in [1.82, 2.24) is 4.57 Å². The molecule has 3 nitrogen and oxygen atoms in total. The lowest BCUT2D eigenvalue weighted by atomic mass is 9.93. The Kier molecular flexibility index (Phi) is 9.10. The molecule has 310 valence electrons. The Balaban J connectivity index is 1.04. The second kappa shape index (κ2) is 15.7. The average Bonchev–Trinajstić information content (AvgIpc) is 3.72. The van der Waals surface area contributed by atoms with Gasteiger partial charge < -0.3 is 4.90 Å².